The van der Waals surface area contributed by atoms with Crippen molar-refractivity contribution >= 4 is 29.2 Å². The summed E-state index contributed by atoms with van der Waals surface area (Å²) in [5.74, 6) is 1.46. The van der Waals surface area contributed by atoms with Crippen LogP contribution in [0.5, 0.6) is 5.75 Å². The lowest BCUT2D eigenvalue weighted by Crippen LogP contribution is -2.40. The van der Waals surface area contributed by atoms with Crippen LogP contribution in [0.25, 0.3) is 0 Å². The molecule has 2 aromatic rings. The second kappa shape index (κ2) is 10.4. The Labute approximate surface area is 165 Å². The third kappa shape index (κ3) is 7.19. The van der Waals surface area contributed by atoms with Crippen LogP contribution in [-0.2, 0) is 11.3 Å². The molecule has 0 heterocycles. The average Bonchev–Trinajstić information content (AvgIpc) is 2.63. The molecule has 0 aliphatic rings. The maximum absolute atomic E-state index is 11.2. The molecule has 0 atom stereocenters. The average molecular weight is 389 g/mol. The number of carbonyl (C=O) groups is 1. The maximum atomic E-state index is 11.2. The fourth-order valence-electron chi connectivity index (χ4n) is 2.47. The minimum absolute atomic E-state index is 0.0867. The van der Waals surface area contributed by atoms with Crippen molar-refractivity contribution in [2.45, 2.75) is 13.5 Å². The Kier molecular flexibility index (Phi) is 7.95. The highest BCUT2D eigenvalue weighted by atomic mass is 35.5. The summed E-state index contributed by atoms with van der Waals surface area (Å²) in [7, 11) is 3.70. The summed E-state index contributed by atoms with van der Waals surface area (Å²) in [6.07, 6.45) is 0. The van der Waals surface area contributed by atoms with E-state index in [0.717, 1.165) is 23.0 Å². The van der Waals surface area contributed by atoms with Gasteiger partial charge in [-0.1, -0.05) is 23.7 Å². The van der Waals surface area contributed by atoms with Crippen molar-refractivity contribution in [3.63, 3.8) is 0 Å². The number of carbonyl (C=O) groups excluding carboxylic acids is 1. The number of aliphatic imine (C=N–C) groups is 1. The largest absolute Gasteiger partial charge is 0.492 e. The minimum Gasteiger partial charge on any atom is -0.492 e. The SMILES string of the molecule is CN=C(NCc1cccc(NC(C)=O)c1)N(C)CCOc1ccc(Cl)cc1. The van der Waals surface area contributed by atoms with Crippen molar-refractivity contribution in [2.75, 3.05) is 32.6 Å². The van der Waals surface area contributed by atoms with Gasteiger partial charge in [0.2, 0.25) is 5.91 Å². The zero-order chi connectivity index (χ0) is 19.6. The predicted molar refractivity (Wildman–Crippen MR) is 111 cm³/mol. The maximum Gasteiger partial charge on any atom is 0.221 e. The van der Waals surface area contributed by atoms with E-state index in [9.17, 15) is 4.79 Å². The first kappa shape index (κ1) is 20.6. The second-order valence-electron chi connectivity index (χ2n) is 6.01. The molecular weight excluding hydrogens is 364 g/mol. The third-order valence-corrected chi connectivity index (χ3v) is 4.03. The first-order valence-electron chi connectivity index (χ1n) is 8.64. The van der Waals surface area contributed by atoms with E-state index >= 15 is 0 Å². The number of guanidine groups is 1. The summed E-state index contributed by atoms with van der Waals surface area (Å²) in [5, 5.41) is 6.78. The molecule has 6 nitrogen and oxygen atoms in total. The summed E-state index contributed by atoms with van der Waals surface area (Å²) in [5.41, 5.74) is 1.83. The van der Waals surface area contributed by atoms with Crippen molar-refractivity contribution in [2.24, 2.45) is 4.99 Å². The van der Waals surface area contributed by atoms with Gasteiger partial charge in [0, 0.05) is 38.3 Å². The summed E-state index contributed by atoms with van der Waals surface area (Å²) < 4.78 is 5.72. The van der Waals surface area contributed by atoms with Crippen LogP contribution in [0.3, 0.4) is 0 Å². The highest BCUT2D eigenvalue weighted by molar-refractivity contribution is 6.30. The van der Waals surface area contributed by atoms with Crippen molar-refractivity contribution in [1.29, 1.82) is 0 Å². The summed E-state index contributed by atoms with van der Waals surface area (Å²) in [4.78, 5) is 17.5. The molecule has 0 aliphatic carbocycles. The van der Waals surface area contributed by atoms with Gasteiger partial charge in [-0.3, -0.25) is 9.79 Å². The molecule has 0 spiro atoms. The van der Waals surface area contributed by atoms with E-state index in [2.05, 4.69) is 15.6 Å². The highest BCUT2D eigenvalue weighted by Gasteiger charge is 2.06. The molecule has 2 rings (SSSR count). The zero-order valence-electron chi connectivity index (χ0n) is 15.8. The van der Waals surface area contributed by atoms with Gasteiger partial charge >= 0.3 is 0 Å². The molecule has 0 unspecified atom stereocenters. The number of halogens is 1. The van der Waals surface area contributed by atoms with Gasteiger partial charge in [-0.05, 0) is 42.0 Å². The number of amides is 1. The molecule has 0 fully saturated rings. The van der Waals surface area contributed by atoms with Crippen LogP contribution in [-0.4, -0.2) is 44.0 Å². The van der Waals surface area contributed by atoms with Gasteiger partial charge in [0.15, 0.2) is 5.96 Å². The van der Waals surface area contributed by atoms with E-state index < -0.39 is 0 Å². The van der Waals surface area contributed by atoms with Gasteiger partial charge in [-0.25, -0.2) is 0 Å². The van der Waals surface area contributed by atoms with Crippen LogP contribution in [0.15, 0.2) is 53.5 Å². The topological polar surface area (TPSA) is 66.0 Å². The van der Waals surface area contributed by atoms with E-state index in [1.165, 1.54) is 6.92 Å². The highest BCUT2D eigenvalue weighted by Crippen LogP contribution is 2.15. The van der Waals surface area contributed by atoms with Crippen molar-refractivity contribution in [3.8, 4) is 5.75 Å². The summed E-state index contributed by atoms with van der Waals surface area (Å²) in [6, 6.07) is 15.0. The number of anilines is 1. The quantitative estimate of drug-likeness (QED) is 0.563. The molecule has 1 amide bonds. The van der Waals surface area contributed by atoms with E-state index in [1.807, 2.05) is 48.3 Å². The minimum atomic E-state index is -0.0867. The Morgan fingerprint density at radius 3 is 2.63 bits per heavy atom. The van der Waals surface area contributed by atoms with Crippen LogP contribution in [0.1, 0.15) is 12.5 Å². The third-order valence-electron chi connectivity index (χ3n) is 3.78. The zero-order valence-corrected chi connectivity index (χ0v) is 16.6. The molecule has 0 aliphatic heterocycles. The Morgan fingerprint density at radius 1 is 1.22 bits per heavy atom. The van der Waals surface area contributed by atoms with Crippen molar-refractivity contribution in [1.82, 2.24) is 10.2 Å². The van der Waals surface area contributed by atoms with Crippen molar-refractivity contribution < 1.29 is 9.53 Å². The van der Waals surface area contributed by atoms with Gasteiger partial charge in [0.1, 0.15) is 12.4 Å². The lowest BCUT2D eigenvalue weighted by atomic mass is 10.2. The molecule has 2 N–H and O–H groups in total. The molecular formula is C20H25ClN4O2. The molecule has 0 saturated carbocycles. The van der Waals surface area contributed by atoms with Crippen LogP contribution in [0.2, 0.25) is 5.02 Å². The van der Waals surface area contributed by atoms with E-state index in [0.29, 0.717) is 24.7 Å². The van der Waals surface area contributed by atoms with E-state index in [-0.39, 0.29) is 5.91 Å². The van der Waals surface area contributed by atoms with Gasteiger partial charge in [-0.15, -0.1) is 0 Å². The number of benzene rings is 2. The Bertz CT molecular complexity index is 778. The van der Waals surface area contributed by atoms with Crippen LogP contribution < -0.4 is 15.4 Å². The Hall–Kier alpha value is -2.73. The van der Waals surface area contributed by atoms with Gasteiger partial charge in [0.05, 0.1) is 6.54 Å². The summed E-state index contributed by atoms with van der Waals surface area (Å²) >= 11 is 5.87. The molecule has 0 radical (unpaired) electrons. The molecule has 7 heteroatoms. The molecule has 144 valence electrons. The standard InChI is InChI=1S/C20H25ClN4O2/c1-15(26)24-18-6-4-5-16(13-18)14-23-20(22-2)25(3)11-12-27-19-9-7-17(21)8-10-19/h4-10,13H,11-12,14H2,1-3H3,(H,22,23)(H,24,26). The van der Waals surface area contributed by atoms with Gasteiger partial charge in [0.25, 0.3) is 0 Å². The number of hydrogen-bond donors (Lipinski definition) is 2. The van der Waals surface area contributed by atoms with Gasteiger partial charge in [-0.2, -0.15) is 0 Å². The lowest BCUT2D eigenvalue weighted by molar-refractivity contribution is -0.114. The summed E-state index contributed by atoms with van der Waals surface area (Å²) in [6.45, 7) is 3.29. The molecule has 0 bridgehead atoms. The molecule has 2 aromatic carbocycles. The van der Waals surface area contributed by atoms with Crippen LogP contribution >= 0.6 is 11.6 Å². The normalized spacial score (nSPS) is 11.0. The van der Waals surface area contributed by atoms with Crippen LogP contribution in [0.4, 0.5) is 5.69 Å². The van der Waals surface area contributed by atoms with Crippen LogP contribution in [0, 0.1) is 0 Å². The number of hydrogen-bond acceptors (Lipinski definition) is 3. The fraction of sp³-hybridized carbons (Fsp3) is 0.300. The smallest absolute Gasteiger partial charge is 0.221 e. The monoisotopic (exact) mass is 388 g/mol. The van der Waals surface area contributed by atoms with Gasteiger partial charge < -0.3 is 20.3 Å². The molecule has 0 saturated heterocycles. The Balaban J connectivity index is 1.81. The first-order valence-corrected chi connectivity index (χ1v) is 9.02. The number of rotatable bonds is 7. The number of nitrogens with one attached hydrogen (secondary N) is 2. The Morgan fingerprint density at radius 2 is 1.96 bits per heavy atom. The number of ether oxygens (including phenoxy) is 1. The number of likely N-dealkylation sites (N-methyl/N-ethyl adjacent to an activating group) is 1. The van der Waals surface area contributed by atoms with Crippen molar-refractivity contribution in [3.05, 3.63) is 59.1 Å². The lowest BCUT2D eigenvalue weighted by Gasteiger charge is -2.22. The second-order valence-corrected chi connectivity index (χ2v) is 6.44. The van der Waals surface area contributed by atoms with E-state index in [1.54, 1.807) is 19.2 Å². The predicted octanol–water partition coefficient (Wildman–Crippen LogP) is 3.38. The number of nitrogens with zero attached hydrogens (tertiary/aromatic N) is 2. The molecule has 27 heavy (non-hydrogen) atoms. The van der Waals surface area contributed by atoms with E-state index in [4.69, 9.17) is 16.3 Å². The first-order chi connectivity index (χ1) is 13.0. The fourth-order valence-corrected chi connectivity index (χ4v) is 2.59. The molecule has 0 aromatic heterocycles.